The number of nitrogens with zero attached hydrogens (tertiary/aromatic N) is 2. The highest BCUT2D eigenvalue weighted by atomic mass is 32.2. The van der Waals surface area contributed by atoms with E-state index in [-0.39, 0.29) is 36.3 Å². The van der Waals surface area contributed by atoms with Gasteiger partial charge in [0.15, 0.2) is 5.16 Å². The summed E-state index contributed by atoms with van der Waals surface area (Å²) in [5.74, 6) is -0.591. The Morgan fingerprint density at radius 1 is 1.05 bits per heavy atom. The number of fused-ring (bicyclic) bond motifs is 1. The van der Waals surface area contributed by atoms with Gasteiger partial charge in [0.1, 0.15) is 36.6 Å². The number of H-pyrrole nitrogens is 1. The van der Waals surface area contributed by atoms with E-state index in [0.717, 1.165) is 11.1 Å². The van der Waals surface area contributed by atoms with Gasteiger partial charge in [0.25, 0.3) is 0 Å². The first kappa shape index (κ1) is 25.1. The second-order valence-corrected chi connectivity index (χ2v) is 10.4. The van der Waals surface area contributed by atoms with E-state index in [4.69, 9.17) is 24.7 Å². The zero-order valence-corrected chi connectivity index (χ0v) is 21.3. The third-order valence-electron chi connectivity index (χ3n) is 6.97. The molecule has 1 aromatic heterocycles. The molecular weight excluding hydrogens is 496 g/mol. The predicted octanol–water partition coefficient (Wildman–Crippen LogP) is 2.73. The summed E-state index contributed by atoms with van der Waals surface area (Å²) in [7, 11) is 3.16. The monoisotopic (exact) mass is 524 g/mol. The smallest absolute Gasteiger partial charge is 0.326 e. The minimum absolute atomic E-state index is 0.0528. The van der Waals surface area contributed by atoms with Gasteiger partial charge in [-0.05, 0) is 47.7 Å². The third kappa shape index (κ3) is 5.14. The van der Waals surface area contributed by atoms with Gasteiger partial charge in [0, 0.05) is 11.2 Å². The lowest BCUT2D eigenvalue weighted by atomic mass is 9.91. The van der Waals surface area contributed by atoms with Crippen LogP contribution in [0.1, 0.15) is 17.5 Å². The van der Waals surface area contributed by atoms with Crippen molar-refractivity contribution in [1.29, 1.82) is 0 Å². The topological polar surface area (TPSA) is 139 Å². The predicted molar refractivity (Wildman–Crippen MR) is 134 cm³/mol. The van der Waals surface area contributed by atoms with E-state index in [1.807, 2.05) is 42.5 Å². The van der Waals surface area contributed by atoms with Crippen LogP contribution in [0.5, 0.6) is 11.5 Å². The van der Waals surface area contributed by atoms with Crippen molar-refractivity contribution in [3.8, 4) is 11.5 Å². The van der Waals surface area contributed by atoms with Gasteiger partial charge in [0.2, 0.25) is 0 Å². The minimum atomic E-state index is -1.32. The summed E-state index contributed by atoms with van der Waals surface area (Å²) in [6.07, 6.45) is 1.77. The molecule has 2 saturated carbocycles. The molecule has 10 nitrogen and oxygen atoms in total. The SMILES string of the molecule is COc1cccc(COC(=O)C2C3C(Sc4ncn[nH]4)CC(N)(C(=O)OCc4cccc(OC)c4)C23)c1. The molecule has 37 heavy (non-hydrogen) atoms. The fourth-order valence-electron chi connectivity index (χ4n) is 5.16. The molecule has 5 rings (SSSR count). The highest BCUT2D eigenvalue weighted by Gasteiger charge is 2.74. The molecule has 3 aromatic rings. The van der Waals surface area contributed by atoms with Crippen LogP contribution in [0.25, 0.3) is 0 Å². The average molecular weight is 525 g/mol. The van der Waals surface area contributed by atoms with Crippen LogP contribution in [-0.4, -0.2) is 52.1 Å². The Balaban J connectivity index is 1.29. The van der Waals surface area contributed by atoms with Crippen molar-refractivity contribution >= 4 is 23.7 Å². The summed E-state index contributed by atoms with van der Waals surface area (Å²) in [5, 5.41) is 7.20. The summed E-state index contributed by atoms with van der Waals surface area (Å²) in [6, 6.07) is 14.6. The number of hydrogen-bond acceptors (Lipinski definition) is 10. The first-order chi connectivity index (χ1) is 17.9. The van der Waals surface area contributed by atoms with E-state index in [1.165, 1.54) is 18.1 Å². The number of carbonyl (C=O) groups is 2. The second kappa shape index (κ2) is 10.4. The molecule has 0 aliphatic heterocycles. The van der Waals surface area contributed by atoms with E-state index >= 15 is 0 Å². The number of nitrogens with one attached hydrogen (secondary N) is 1. The van der Waals surface area contributed by atoms with E-state index < -0.39 is 17.4 Å². The van der Waals surface area contributed by atoms with E-state index in [0.29, 0.717) is 23.1 Å². The molecule has 2 aromatic carbocycles. The third-order valence-corrected chi connectivity index (χ3v) is 8.17. The van der Waals surface area contributed by atoms with Crippen molar-refractivity contribution in [2.24, 2.45) is 23.5 Å². The van der Waals surface area contributed by atoms with E-state index in [1.54, 1.807) is 20.3 Å². The lowest BCUT2D eigenvalue weighted by molar-refractivity contribution is -0.153. The standard InChI is InChI=1S/C26H28N4O6S/c1-33-17-7-3-5-15(9-17)12-35-23(31)21-20-19(37-25-28-14-29-30-25)11-26(27,22(20)21)24(32)36-13-16-6-4-8-18(10-16)34-2/h3-10,14,19-22H,11-13,27H2,1-2H3,(H,28,29,30). The van der Waals surface area contributed by atoms with Crippen LogP contribution >= 0.6 is 11.8 Å². The molecule has 0 spiro atoms. The van der Waals surface area contributed by atoms with Gasteiger partial charge in [-0.25, -0.2) is 4.98 Å². The molecule has 3 N–H and O–H groups in total. The molecule has 11 heteroatoms. The van der Waals surface area contributed by atoms with Crippen LogP contribution < -0.4 is 15.2 Å². The molecule has 0 amide bonds. The molecule has 1 heterocycles. The van der Waals surface area contributed by atoms with E-state index in [9.17, 15) is 9.59 Å². The van der Waals surface area contributed by atoms with Crippen molar-refractivity contribution < 1.29 is 28.5 Å². The summed E-state index contributed by atoms with van der Waals surface area (Å²) in [6.45, 7) is 0.154. The molecular formula is C26H28N4O6S. The van der Waals surface area contributed by atoms with Gasteiger partial charge in [-0.2, -0.15) is 5.10 Å². The Labute approximate surface area is 218 Å². The highest BCUT2D eigenvalue weighted by Crippen LogP contribution is 2.65. The van der Waals surface area contributed by atoms with Gasteiger partial charge >= 0.3 is 11.9 Å². The Kier molecular flexibility index (Phi) is 7.07. The summed E-state index contributed by atoms with van der Waals surface area (Å²) >= 11 is 1.43. The number of hydrogen-bond donors (Lipinski definition) is 2. The molecule has 2 aliphatic rings. The quantitative estimate of drug-likeness (QED) is 0.381. The van der Waals surface area contributed by atoms with Gasteiger partial charge in [0.05, 0.1) is 20.1 Å². The Bertz CT molecular complexity index is 1270. The number of thioether (sulfide) groups is 1. The Morgan fingerprint density at radius 2 is 1.70 bits per heavy atom. The number of carbonyl (C=O) groups excluding carboxylic acids is 2. The fraction of sp³-hybridized carbons (Fsp3) is 0.385. The van der Waals surface area contributed by atoms with Crippen molar-refractivity contribution in [3.63, 3.8) is 0 Å². The number of ether oxygens (including phenoxy) is 4. The molecule has 5 unspecified atom stereocenters. The van der Waals surface area contributed by atoms with Crippen LogP contribution in [0.3, 0.4) is 0 Å². The van der Waals surface area contributed by atoms with Crippen LogP contribution in [0.15, 0.2) is 60.0 Å². The minimum Gasteiger partial charge on any atom is -0.497 e. The summed E-state index contributed by atoms with van der Waals surface area (Å²) < 4.78 is 21.8. The first-order valence-corrected chi connectivity index (χ1v) is 12.7. The maximum Gasteiger partial charge on any atom is 0.326 e. The number of esters is 2. The fourth-order valence-corrected chi connectivity index (χ4v) is 6.52. The zero-order valence-electron chi connectivity index (χ0n) is 20.5. The lowest BCUT2D eigenvalue weighted by Crippen LogP contribution is -2.51. The number of aromatic amines is 1. The largest absolute Gasteiger partial charge is 0.497 e. The van der Waals surface area contributed by atoms with Crippen LogP contribution in [0.4, 0.5) is 0 Å². The van der Waals surface area contributed by atoms with Crippen LogP contribution in [0.2, 0.25) is 0 Å². The number of nitrogens with two attached hydrogens (primary N) is 1. The van der Waals surface area contributed by atoms with Gasteiger partial charge < -0.3 is 24.7 Å². The maximum absolute atomic E-state index is 13.3. The van der Waals surface area contributed by atoms with Crippen molar-refractivity contribution in [2.45, 2.75) is 35.6 Å². The first-order valence-electron chi connectivity index (χ1n) is 11.8. The lowest BCUT2D eigenvalue weighted by Gasteiger charge is -2.27. The highest BCUT2D eigenvalue weighted by molar-refractivity contribution is 7.99. The summed E-state index contributed by atoms with van der Waals surface area (Å²) in [5.41, 5.74) is 6.99. The van der Waals surface area contributed by atoms with Crippen LogP contribution in [-0.2, 0) is 32.3 Å². The number of aromatic nitrogens is 3. The molecule has 0 radical (unpaired) electrons. The average Bonchev–Trinajstić information content (AvgIpc) is 3.35. The van der Waals surface area contributed by atoms with E-state index in [2.05, 4.69) is 15.2 Å². The maximum atomic E-state index is 13.3. The van der Waals surface area contributed by atoms with Gasteiger partial charge in [-0.1, -0.05) is 36.0 Å². The Hall–Kier alpha value is -3.57. The molecule has 194 valence electrons. The van der Waals surface area contributed by atoms with Crippen molar-refractivity contribution in [3.05, 3.63) is 66.0 Å². The molecule has 0 saturated heterocycles. The van der Waals surface area contributed by atoms with Crippen LogP contribution in [0, 0.1) is 17.8 Å². The molecule has 0 bridgehead atoms. The van der Waals surface area contributed by atoms with Crippen molar-refractivity contribution in [1.82, 2.24) is 15.2 Å². The molecule has 2 fully saturated rings. The summed E-state index contributed by atoms with van der Waals surface area (Å²) in [4.78, 5) is 30.6. The van der Waals surface area contributed by atoms with Crippen molar-refractivity contribution in [2.75, 3.05) is 14.2 Å². The Morgan fingerprint density at radius 3 is 2.30 bits per heavy atom. The number of benzene rings is 2. The number of rotatable bonds is 10. The van der Waals surface area contributed by atoms with Gasteiger partial charge in [-0.15, -0.1) is 0 Å². The molecule has 2 aliphatic carbocycles. The molecule has 5 atom stereocenters. The van der Waals surface area contributed by atoms with Gasteiger partial charge in [-0.3, -0.25) is 14.7 Å². The second-order valence-electron chi connectivity index (χ2n) is 9.21. The normalized spacial score (nSPS) is 25.7. The zero-order chi connectivity index (χ0) is 26.0. The number of methoxy groups -OCH3 is 2.